The lowest BCUT2D eigenvalue weighted by Crippen LogP contribution is -2.53. The highest BCUT2D eigenvalue weighted by molar-refractivity contribution is 9.10. The Kier molecular flexibility index (Phi) is 5.72. The van der Waals surface area contributed by atoms with E-state index in [0.717, 1.165) is 16.5 Å². The number of halogens is 2. The molecule has 0 aromatic heterocycles. The van der Waals surface area contributed by atoms with E-state index in [9.17, 15) is 4.39 Å². The highest BCUT2D eigenvalue weighted by atomic mass is 79.9. The SMILES string of the molecule is CCC(C)(OC)C(Cc1cc(F)ccc1Br)NN. The molecule has 0 aliphatic rings. The molecular formula is C13H20BrFN2O. The van der Waals surface area contributed by atoms with Gasteiger partial charge in [0.2, 0.25) is 0 Å². The number of hydrogen-bond donors (Lipinski definition) is 2. The van der Waals surface area contributed by atoms with E-state index < -0.39 is 0 Å². The van der Waals surface area contributed by atoms with Gasteiger partial charge in [-0.1, -0.05) is 22.9 Å². The summed E-state index contributed by atoms with van der Waals surface area (Å²) in [7, 11) is 1.66. The summed E-state index contributed by atoms with van der Waals surface area (Å²) < 4.78 is 19.7. The number of ether oxygens (including phenoxy) is 1. The largest absolute Gasteiger partial charge is 0.377 e. The van der Waals surface area contributed by atoms with Crippen LogP contribution in [0.4, 0.5) is 4.39 Å². The van der Waals surface area contributed by atoms with Crippen LogP contribution in [-0.4, -0.2) is 18.8 Å². The van der Waals surface area contributed by atoms with Crippen LogP contribution in [0.5, 0.6) is 0 Å². The standard InChI is InChI=1S/C13H20BrFN2O/c1-4-13(2,18-3)12(17-16)8-9-7-10(15)5-6-11(9)14/h5-7,12,17H,4,8,16H2,1-3H3. The first-order valence-electron chi connectivity index (χ1n) is 5.92. The van der Waals surface area contributed by atoms with Crippen molar-refractivity contribution in [1.29, 1.82) is 0 Å². The number of methoxy groups -OCH3 is 1. The molecule has 0 spiro atoms. The van der Waals surface area contributed by atoms with Crippen LogP contribution < -0.4 is 11.3 Å². The molecule has 0 fully saturated rings. The Bertz CT molecular complexity index is 397. The summed E-state index contributed by atoms with van der Waals surface area (Å²) in [5.41, 5.74) is 3.25. The van der Waals surface area contributed by atoms with Gasteiger partial charge in [-0.2, -0.15) is 0 Å². The van der Waals surface area contributed by atoms with Crippen molar-refractivity contribution >= 4 is 15.9 Å². The predicted molar refractivity (Wildman–Crippen MR) is 74.6 cm³/mol. The molecule has 5 heteroatoms. The van der Waals surface area contributed by atoms with E-state index in [2.05, 4.69) is 21.4 Å². The van der Waals surface area contributed by atoms with Crippen LogP contribution in [0.2, 0.25) is 0 Å². The van der Waals surface area contributed by atoms with Crippen LogP contribution in [0.25, 0.3) is 0 Å². The van der Waals surface area contributed by atoms with Crippen molar-refractivity contribution in [2.75, 3.05) is 7.11 Å². The van der Waals surface area contributed by atoms with Crippen molar-refractivity contribution in [3.05, 3.63) is 34.1 Å². The van der Waals surface area contributed by atoms with Gasteiger partial charge in [0.1, 0.15) is 5.82 Å². The number of hydrazine groups is 1. The third-order valence-electron chi connectivity index (χ3n) is 3.54. The van der Waals surface area contributed by atoms with Crippen LogP contribution in [0, 0.1) is 5.82 Å². The third kappa shape index (κ3) is 3.51. The molecule has 0 aliphatic carbocycles. The molecule has 2 atom stereocenters. The molecule has 0 saturated carbocycles. The lowest BCUT2D eigenvalue weighted by atomic mass is 9.88. The van der Waals surface area contributed by atoms with Crippen molar-refractivity contribution in [3.8, 4) is 0 Å². The predicted octanol–water partition coefficient (Wildman–Crippen LogP) is 2.78. The van der Waals surface area contributed by atoms with Gasteiger partial charge < -0.3 is 4.74 Å². The Morgan fingerprint density at radius 2 is 2.22 bits per heavy atom. The second-order valence-corrected chi connectivity index (χ2v) is 5.38. The van der Waals surface area contributed by atoms with Crippen molar-refractivity contribution in [2.24, 2.45) is 5.84 Å². The normalized spacial score (nSPS) is 16.3. The molecule has 3 N–H and O–H groups in total. The average molecular weight is 319 g/mol. The number of hydrogen-bond acceptors (Lipinski definition) is 3. The Morgan fingerprint density at radius 3 is 2.72 bits per heavy atom. The van der Waals surface area contributed by atoms with E-state index in [1.165, 1.54) is 12.1 Å². The Morgan fingerprint density at radius 1 is 1.56 bits per heavy atom. The minimum atomic E-state index is -0.388. The second-order valence-electron chi connectivity index (χ2n) is 4.53. The molecular weight excluding hydrogens is 299 g/mol. The van der Waals surface area contributed by atoms with E-state index in [1.807, 2.05) is 13.8 Å². The van der Waals surface area contributed by atoms with Crippen LogP contribution in [0.1, 0.15) is 25.8 Å². The summed E-state index contributed by atoms with van der Waals surface area (Å²) in [6, 6.07) is 4.55. The van der Waals surface area contributed by atoms with Crippen molar-refractivity contribution in [2.45, 2.75) is 38.3 Å². The maximum Gasteiger partial charge on any atom is 0.123 e. The van der Waals surface area contributed by atoms with Gasteiger partial charge in [-0.05, 0) is 43.5 Å². The molecule has 0 bridgehead atoms. The van der Waals surface area contributed by atoms with Gasteiger partial charge in [0.25, 0.3) is 0 Å². The number of rotatable bonds is 6. The van der Waals surface area contributed by atoms with E-state index in [4.69, 9.17) is 10.6 Å². The van der Waals surface area contributed by atoms with Crippen LogP contribution in [0.3, 0.4) is 0 Å². The molecule has 102 valence electrons. The molecule has 0 saturated heterocycles. The minimum Gasteiger partial charge on any atom is -0.377 e. The molecule has 0 amide bonds. The van der Waals surface area contributed by atoms with Gasteiger partial charge in [0.05, 0.1) is 11.6 Å². The maximum absolute atomic E-state index is 13.3. The van der Waals surface area contributed by atoms with E-state index in [-0.39, 0.29) is 17.5 Å². The maximum atomic E-state index is 13.3. The van der Waals surface area contributed by atoms with Gasteiger partial charge in [0.15, 0.2) is 0 Å². The fraction of sp³-hybridized carbons (Fsp3) is 0.538. The molecule has 0 aliphatic heterocycles. The van der Waals surface area contributed by atoms with E-state index >= 15 is 0 Å². The number of benzene rings is 1. The third-order valence-corrected chi connectivity index (χ3v) is 4.31. The molecule has 1 aromatic carbocycles. The zero-order chi connectivity index (χ0) is 13.8. The smallest absolute Gasteiger partial charge is 0.123 e. The second kappa shape index (κ2) is 6.61. The summed E-state index contributed by atoms with van der Waals surface area (Å²) >= 11 is 3.42. The van der Waals surface area contributed by atoms with Crippen LogP contribution >= 0.6 is 15.9 Å². The Hall–Kier alpha value is -0.490. The van der Waals surface area contributed by atoms with E-state index in [0.29, 0.717) is 6.42 Å². The summed E-state index contributed by atoms with van der Waals surface area (Å²) in [6.45, 7) is 4.03. The lowest BCUT2D eigenvalue weighted by Gasteiger charge is -2.35. The quantitative estimate of drug-likeness (QED) is 0.626. The van der Waals surface area contributed by atoms with E-state index in [1.54, 1.807) is 13.2 Å². The molecule has 2 unspecified atom stereocenters. The van der Waals surface area contributed by atoms with Gasteiger partial charge in [-0.15, -0.1) is 0 Å². The lowest BCUT2D eigenvalue weighted by molar-refractivity contribution is -0.0288. The topological polar surface area (TPSA) is 47.3 Å². The summed E-state index contributed by atoms with van der Waals surface area (Å²) in [6.07, 6.45) is 1.40. The van der Waals surface area contributed by atoms with Gasteiger partial charge in [0, 0.05) is 11.6 Å². The van der Waals surface area contributed by atoms with Crippen molar-refractivity contribution < 1.29 is 9.13 Å². The first kappa shape index (κ1) is 15.6. The average Bonchev–Trinajstić information content (AvgIpc) is 2.38. The Labute approximate surface area is 116 Å². The van der Waals surface area contributed by atoms with Gasteiger partial charge >= 0.3 is 0 Å². The molecule has 3 nitrogen and oxygen atoms in total. The van der Waals surface area contributed by atoms with Crippen molar-refractivity contribution in [1.82, 2.24) is 5.43 Å². The molecule has 18 heavy (non-hydrogen) atoms. The monoisotopic (exact) mass is 318 g/mol. The zero-order valence-electron chi connectivity index (χ0n) is 11.0. The molecule has 1 rings (SSSR count). The van der Waals surface area contributed by atoms with Crippen LogP contribution in [-0.2, 0) is 11.2 Å². The fourth-order valence-electron chi connectivity index (χ4n) is 1.90. The first-order chi connectivity index (χ1) is 8.46. The highest BCUT2D eigenvalue weighted by Crippen LogP contribution is 2.25. The Balaban J connectivity index is 2.95. The summed E-state index contributed by atoms with van der Waals surface area (Å²) in [4.78, 5) is 0. The molecule has 1 aromatic rings. The molecule has 0 heterocycles. The van der Waals surface area contributed by atoms with Gasteiger partial charge in [-0.25, -0.2) is 4.39 Å². The summed E-state index contributed by atoms with van der Waals surface area (Å²) in [5.74, 6) is 5.36. The number of nitrogens with two attached hydrogens (primary N) is 1. The summed E-state index contributed by atoms with van der Waals surface area (Å²) in [5, 5.41) is 0. The van der Waals surface area contributed by atoms with Gasteiger partial charge in [-0.3, -0.25) is 11.3 Å². The molecule has 0 radical (unpaired) electrons. The fourth-order valence-corrected chi connectivity index (χ4v) is 2.31. The minimum absolute atomic E-state index is 0.0920. The van der Waals surface area contributed by atoms with Crippen LogP contribution in [0.15, 0.2) is 22.7 Å². The number of nitrogens with one attached hydrogen (secondary N) is 1. The zero-order valence-corrected chi connectivity index (χ0v) is 12.6. The highest BCUT2D eigenvalue weighted by Gasteiger charge is 2.32. The van der Waals surface area contributed by atoms with Crippen molar-refractivity contribution in [3.63, 3.8) is 0 Å². The first-order valence-corrected chi connectivity index (χ1v) is 6.71.